The Bertz CT molecular complexity index is 673. The number of likely N-dealkylation sites (tertiary alicyclic amines) is 1. The molecule has 0 aliphatic carbocycles. The molecule has 6 heteroatoms. The summed E-state index contributed by atoms with van der Waals surface area (Å²) in [5.74, 6) is 1.34. The van der Waals surface area contributed by atoms with E-state index in [1.165, 1.54) is 7.11 Å². The van der Waals surface area contributed by atoms with Gasteiger partial charge in [-0.05, 0) is 50.2 Å². The lowest BCUT2D eigenvalue weighted by Crippen LogP contribution is -2.36. The number of nitrogens with zero attached hydrogens (tertiary/aromatic N) is 2. The monoisotopic (exact) mass is 330 g/mol. The lowest BCUT2D eigenvalue weighted by Gasteiger charge is -2.29. The number of carbonyl (C=O) groups is 1. The number of hydrogen-bond donors (Lipinski definition) is 0. The summed E-state index contributed by atoms with van der Waals surface area (Å²) in [5.41, 5.74) is 1.82. The maximum Gasteiger partial charge on any atom is 0.308 e. The zero-order valence-corrected chi connectivity index (χ0v) is 14.0. The maximum absolute atomic E-state index is 11.6. The van der Waals surface area contributed by atoms with Gasteiger partial charge in [0, 0.05) is 12.1 Å². The van der Waals surface area contributed by atoms with Crippen LogP contribution in [0.25, 0.3) is 11.5 Å². The van der Waals surface area contributed by atoms with E-state index in [4.69, 9.17) is 13.9 Å². The Morgan fingerprint density at radius 1 is 1.25 bits per heavy atom. The summed E-state index contributed by atoms with van der Waals surface area (Å²) in [6, 6.07) is 7.63. The topological polar surface area (TPSA) is 64.8 Å². The van der Waals surface area contributed by atoms with Crippen molar-refractivity contribution in [2.75, 3.05) is 27.3 Å². The molecule has 2 heterocycles. The standard InChI is InChI=1S/C18H22N2O4/c1-22-16-5-3-13(4-6-16)17-19-15(12-24-17)11-20-9-7-14(8-10-20)18(21)23-2/h3-6,12,14H,7-11H2,1-2H3. The number of aromatic nitrogens is 1. The van der Waals surface area contributed by atoms with E-state index in [1.54, 1.807) is 13.4 Å². The van der Waals surface area contributed by atoms with E-state index in [2.05, 4.69) is 9.88 Å². The summed E-state index contributed by atoms with van der Waals surface area (Å²) in [6.45, 7) is 2.46. The Kier molecular flexibility index (Phi) is 5.15. The number of rotatable bonds is 5. The van der Waals surface area contributed by atoms with E-state index in [0.717, 1.165) is 49.5 Å². The second-order valence-corrected chi connectivity index (χ2v) is 5.95. The van der Waals surface area contributed by atoms with Gasteiger partial charge in [-0.1, -0.05) is 0 Å². The molecule has 3 rings (SSSR count). The zero-order chi connectivity index (χ0) is 16.9. The highest BCUT2D eigenvalue weighted by atomic mass is 16.5. The van der Waals surface area contributed by atoms with E-state index < -0.39 is 0 Å². The molecule has 1 saturated heterocycles. The van der Waals surface area contributed by atoms with Gasteiger partial charge in [0.2, 0.25) is 5.89 Å². The Balaban J connectivity index is 1.57. The first-order chi connectivity index (χ1) is 11.7. The van der Waals surface area contributed by atoms with E-state index in [0.29, 0.717) is 5.89 Å². The van der Waals surface area contributed by atoms with Gasteiger partial charge in [0.05, 0.1) is 25.8 Å². The van der Waals surface area contributed by atoms with Gasteiger partial charge >= 0.3 is 5.97 Å². The van der Waals surface area contributed by atoms with Crippen LogP contribution in [0.1, 0.15) is 18.5 Å². The van der Waals surface area contributed by atoms with Crippen LogP contribution >= 0.6 is 0 Å². The van der Waals surface area contributed by atoms with Gasteiger partial charge in [-0.2, -0.15) is 0 Å². The first-order valence-corrected chi connectivity index (χ1v) is 8.08. The van der Waals surface area contributed by atoms with Crippen molar-refractivity contribution >= 4 is 5.97 Å². The molecule has 2 aromatic rings. The minimum absolute atomic E-state index is 0.0263. The van der Waals surface area contributed by atoms with E-state index >= 15 is 0 Å². The number of esters is 1. The maximum atomic E-state index is 11.6. The van der Waals surface area contributed by atoms with Crippen molar-refractivity contribution in [3.63, 3.8) is 0 Å². The van der Waals surface area contributed by atoms with Gasteiger partial charge in [0.15, 0.2) is 0 Å². The van der Waals surface area contributed by atoms with Crippen molar-refractivity contribution in [1.82, 2.24) is 9.88 Å². The molecule has 0 spiro atoms. The minimum atomic E-state index is -0.0992. The van der Waals surface area contributed by atoms with Gasteiger partial charge in [0.1, 0.15) is 12.0 Å². The second kappa shape index (κ2) is 7.49. The molecule has 0 saturated carbocycles. The number of benzene rings is 1. The van der Waals surface area contributed by atoms with Crippen LogP contribution in [-0.4, -0.2) is 43.2 Å². The number of hydrogen-bond acceptors (Lipinski definition) is 6. The Morgan fingerprint density at radius 2 is 1.96 bits per heavy atom. The molecule has 6 nitrogen and oxygen atoms in total. The highest BCUT2D eigenvalue weighted by molar-refractivity contribution is 5.72. The van der Waals surface area contributed by atoms with E-state index in [9.17, 15) is 4.79 Å². The summed E-state index contributed by atoms with van der Waals surface area (Å²) >= 11 is 0. The molecule has 128 valence electrons. The van der Waals surface area contributed by atoms with Gasteiger partial charge in [0.25, 0.3) is 0 Å². The highest BCUT2D eigenvalue weighted by Gasteiger charge is 2.25. The van der Waals surface area contributed by atoms with Crippen LogP contribution in [0.3, 0.4) is 0 Å². The molecule has 0 bridgehead atoms. The molecule has 0 N–H and O–H groups in total. The van der Waals surface area contributed by atoms with Crippen molar-refractivity contribution in [3.8, 4) is 17.2 Å². The Morgan fingerprint density at radius 3 is 2.58 bits per heavy atom. The summed E-state index contributed by atoms with van der Waals surface area (Å²) in [7, 11) is 3.09. The summed E-state index contributed by atoms with van der Waals surface area (Å²) in [5, 5.41) is 0. The predicted octanol–water partition coefficient (Wildman–Crippen LogP) is 2.74. The van der Waals surface area contributed by atoms with E-state index in [1.807, 2.05) is 24.3 Å². The average molecular weight is 330 g/mol. The van der Waals surface area contributed by atoms with Crippen LogP contribution in [-0.2, 0) is 16.1 Å². The van der Waals surface area contributed by atoms with Gasteiger partial charge in [-0.3, -0.25) is 9.69 Å². The van der Waals surface area contributed by atoms with Crippen molar-refractivity contribution in [3.05, 3.63) is 36.2 Å². The molecule has 1 aliphatic heterocycles. The molecule has 1 aromatic heterocycles. The van der Waals surface area contributed by atoms with Crippen LogP contribution in [0.2, 0.25) is 0 Å². The fraction of sp³-hybridized carbons (Fsp3) is 0.444. The van der Waals surface area contributed by atoms with Crippen molar-refractivity contribution in [2.45, 2.75) is 19.4 Å². The van der Waals surface area contributed by atoms with Gasteiger partial charge < -0.3 is 13.9 Å². The summed E-state index contributed by atoms with van der Waals surface area (Å²) in [4.78, 5) is 18.4. The number of carbonyl (C=O) groups excluding carboxylic acids is 1. The van der Waals surface area contributed by atoms with Gasteiger partial charge in [-0.15, -0.1) is 0 Å². The SMILES string of the molecule is COC(=O)C1CCN(Cc2coc(-c3ccc(OC)cc3)n2)CC1. The lowest BCUT2D eigenvalue weighted by atomic mass is 9.97. The summed E-state index contributed by atoms with van der Waals surface area (Å²) < 4.78 is 15.6. The smallest absolute Gasteiger partial charge is 0.308 e. The molecule has 0 unspecified atom stereocenters. The first kappa shape index (κ1) is 16.5. The minimum Gasteiger partial charge on any atom is -0.497 e. The third kappa shape index (κ3) is 3.76. The van der Waals surface area contributed by atoms with E-state index in [-0.39, 0.29) is 11.9 Å². The number of methoxy groups -OCH3 is 2. The molecule has 0 amide bonds. The molecule has 0 radical (unpaired) electrons. The fourth-order valence-electron chi connectivity index (χ4n) is 2.97. The highest BCUT2D eigenvalue weighted by Crippen LogP contribution is 2.24. The largest absolute Gasteiger partial charge is 0.497 e. The predicted molar refractivity (Wildman–Crippen MR) is 88.5 cm³/mol. The third-order valence-corrected chi connectivity index (χ3v) is 4.40. The van der Waals surface area contributed by atoms with Crippen LogP contribution in [0.5, 0.6) is 5.75 Å². The number of oxazole rings is 1. The lowest BCUT2D eigenvalue weighted by molar-refractivity contribution is -0.147. The van der Waals surface area contributed by atoms with Crippen molar-refractivity contribution in [2.24, 2.45) is 5.92 Å². The molecular formula is C18H22N2O4. The molecule has 1 fully saturated rings. The second-order valence-electron chi connectivity index (χ2n) is 5.95. The van der Waals surface area contributed by atoms with Crippen molar-refractivity contribution in [1.29, 1.82) is 0 Å². The van der Waals surface area contributed by atoms with Gasteiger partial charge in [-0.25, -0.2) is 4.98 Å². The quantitative estimate of drug-likeness (QED) is 0.786. The third-order valence-electron chi connectivity index (χ3n) is 4.40. The van der Waals surface area contributed by atoms with Crippen LogP contribution in [0.4, 0.5) is 0 Å². The van der Waals surface area contributed by atoms with Crippen LogP contribution in [0.15, 0.2) is 34.9 Å². The Hall–Kier alpha value is -2.34. The summed E-state index contributed by atoms with van der Waals surface area (Å²) in [6.07, 6.45) is 3.36. The number of piperidine rings is 1. The normalized spacial score (nSPS) is 16.1. The first-order valence-electron chi connectivity index (χ1n) is 8.08. The van der Waals surface area contributed by atoms with Crippen molar-refractivity contribution < 1.29 is 18.7 Å². The molecule has 0 atom stereocenters. The fourth-order valence-corrected chi connectivity index (χ4v) is 2.97. The average Bonchev–Trinajstić information content (AvgIpc) is 3.10. The zero-order valence-electron chi connectivity index (χ0n) is 14.0. The molecule has 1 aromatic carbocycles. The molecule has 1 aliphatic rings. The van der Waals surface area contributed by atoms with Crippen LogP contribution < -0.4 is 4.74 Å². The molecule has 24 heavy (non-hydrogen) atoms. The molecular weight excluding hydrogens is 308 g/mol. The van der Waals surface area contributed by atoms with Crippen LogP contribution in [0, 0.1) is 5.92 Å². The Labute approximate surface area is 141 Å². The number of ether oxygens (including phenoxy) is 2.